The molecule has 2 aliphatic rings. The van der Waals surface area contributed by atoms with Crippen molar-refractivity contribution in [1.29, 1.82) is 0 Å². The lowest BCUT2D eigenvalue weighted by molar-refractivity contribution is 0.0740. The van der Waals surface area contributed by atoms with Crippen molar-refractivity contribution in [3.05, 3.63) is 48.4 Å². The number of para-hydroxylation sites is 2. The van der Waals surface area contributed by atoms with Gasteiger partial charge in [0.05, 0.1) is 17.2 Å². The summed E-state index contributed by atoms with van der Waals surface area (Å²) in [5.74, 6) is 1.67. The number of nitrogens with zero attached hydrogens (tertiary/aromatic N) is 7. The van der Waals surface area contributed by atoms with Gasteiger partial charge in [-0.2, -0.15) is 4.98 Å². The molecular weight excluding hydrogens is 366 g/mol. The zero-order chi connectivity index (χ0) is 19.6. The Kier molecular flexibility index (Phi) is 4.67. The molecule has 0 saturated carbocycles. The maximum atomic E-state index is 12.9. The first kappa shape index (κ1) is 17.8. The first-order chi connectivity index (χ1) is 14.3. The number of hydrogen-bond donors (Lipinski definition) is 0. The van der Waals surface area contributed by atoms with Crippen molar-refractivity contribution in [1.82, 2.24) is 24.8 Å². The molecule has 2 saturated heterocycles. The van der Waals surface area contributed by atoms with Gasteiger partial charge in [0.15, 0.2) is 0 Å². The molecule has 29 heavy (non-hydrogen) atoms. The zero-order valence-corrected chi connectivity index (χ0v) is 16.2. The molecule has 0 atom stereocenters. The van der Waals surface area contributed by atoms with Crippen molar-refractivity contribution in [2.75, 3.05) is 49.1 Å². The quantitative estimate of drug-likeness (QED) is 0.678. The Labute approximate surface area is 169 Å². The monoisotopic (exact) mass is 389 g/mol. The summed E-state index contributed by atoms with van der Waals surface area (Å²) in [6.07, 6.45) is 5.81. The van der Waals surface area contributed by atoms with E-state index in [4.69, 9.17) is 4.98 Å². The third-order valence-electron chi connectivity index (χ3n) is 5.58. The average molecular weight is 389 g/mol. The van der Waals surface area contributed by atoms with Crippen LogP contribution in [0.1, 0.15) is 23.3 Å². The Morgan fingerprint density at radius 3 is 2.34 bits per heavy atom. The Balaban J connectivity index is 1.26. The Hall–Kier alpha value is -3.29. The van der Waals surface area contributed by atoms with Crippen molar-refractivity contribution < 1.29 is 4.79 Å². The summed E-state index contributed by atoms with van der Waals surface area (Å²) in [4.78, 5) is 37.2. The predicted octanol–water partition coefficient (Wildman–Crippen LogP) is 1.98. The molecule has 2 fully saturated rings. The minimum Gasteiger partial charge on any atom is -0.353 e. The van der Waals surface area contributed by atoms with Crippen LogP contribution in [-0.4, -0.2) is 70.0 Å². The maximum Gasteiger partial charge on any atom is 0.274 e. The second-order valence-electron chi connectivity index (χ2n) is 7.43. The molecule has 2 aliphatic heterocycles. The van der Waals surface area contributed by atoms with Crippen molar-refractivity contribution in [2.45, 2.75) is 12.8 Å². The molecule has 0 N–H and O–H groups in total. The van der Waals surface area contributed by atoms with Crippen LogP contribution in [0.4, 0.5) is 11.8 Å². The van der Waals surface area contributed by atoms with E-state index in [1.54, 1.807) is 6.20 Å². The van der Waals surface area contributed by atoms with E-state index in [2.05, 4.69) is 24.8 Å². The van der Waals surface area contributed by atoms with Gasteiger partial charge in [-0.05, 0) is 31.0 Å². The number of anilines is 2. The first-order valence-electron chi connectivity index (χ1n) is 10.1. The van der Waals surface area contributed by atoms with Gasteiger partial charge >= 0.3 is 0 Å². The molecule has 0 radical (unpaired) electrons. The van der Waals surface area contributed by atoms with Crippen molar-refractivity contribution >= 4 is 28.7 Å². The number of hydrogen-bond acceptors (Lipinski definition) is 7. The zero-order valence-electron chi connectivity index (χ0n) is 16.2. The minimum atomic E-state index is -0.0663. The molecule has 0 unspecified atom stereocenters. The van der Waals surface area contributed by atoms with Crippen LogP contribution in [-0.2, 0) is 0 Å². The van der Waals surface area contributed by atoms with Crippen LogP contribution < -0.4 is 9.80 Å². The summed E-state index contributed by atoms with van der Waals surface area (Å²) in [6, 6.07) is 9.55. The SMILES string of the molecule is O=C(c1cnc2ccccc2n1)N1CCN(c2ccnc(N3CCCC3)n2)CC1. The fraction of sp³-hybridized carbons (Fsp3) is 0.381. The van der Waals surface area contributed by atoms with E-state index in [1.165, 1.54) is 12.8 Å². The van der Waals surface area contributed by atoms with E-state index in [1.807, 2.05) is 41.4 Å². The van der Waals surface area contributed by atoms with E-state index in [0.717, 1.165) is 49.0 Å². The average Bonchev–Trinajstić information content (AvgIpc) is 3.34. The highest BCUT2D eigenvalue weighted by molar-refractivity contribution is 5.94. The molecule has 0 spiro atoms. The number of aromatic nitrogens is 4. The third kappa shape index (κ3) is 3.57. The van der Waals surface area contributed by atoms with Gasteiger partial charge in [-0.1, -0.05) is 12.1 Å². The Bertz CT molecular complexity index is 1030. The number of carbonyl (C=O) groups is 1. The van der Waals surface area contributed by atoms with Crippen LogP contribution in [0, 0.1) is 0 Å². The van der Waals surface area contributed by atoms with Gasteiger partial charge in [-0.3, -0.25) is 9.78 Å². The molecule has 2 aromatic heterocycles. The standard InChI is InChI=1S/C21H23N7O/c29-20(18-15-23-16-5-1-2-6-17(16)24-18)27-13-11-26(12-14-27)19-7-8-22-21(25-19)28-9-3-4-10-28/h1-2,5-8,15H,3-4,9-14H2. The summed E-state index contributed by atoms with van der Waals surface area (Å²) in [6.45, 7) is 4.80. The fourth-order valence-electron chi connectivity index (χ4n) is 3.95. The van der Waals surface area contributed by atoms with Crippen molar-refractivity contribution in [3.63, 3.8) is 0 Å². The van der Waals surface area contributed by atoms with Gasteiger partial charge in [0.1, 0.15) is 11.5 Å². The molecule has 8 heteroatoms. The van der Waals surface area contributed by atoms with E-state index < -0.39 is 0 Å². The van der Waals surface area contributed by atoms with Crippen LogP contribution in [0.2, 0.25) is 0 Å². The number of rotatable bonds is 3. The summed E-state index contributed by atoms with van der Waals surface area (Å²) in [7, 11) is 0. The second kappa shape index (κ2) is 7.62. The molecule has 3 aromatic rings. The molecule has 4 heterocycles. The minimum absolute atomic E-state index is 0.0663. The molecule has 8 nitrogen and oxygen atoms in total. The number of piperazine rings is 1. The highest BCUT2D eigenvalue weighted by atomic mass is 16.2. The van der Waals surface area contributed by atoms with E-state index >= 15 is 0 Å². The molecule has 0 bridgehead atoms. The first-order valence-corrected chi connectivity index (χ1v) is 10.1. The molecular formula is C21H23N7O. The van der Waals surface area contributed by atoms with Gasteiger partial charge in [0.2, 0.25) is 5.95 Å². The molecule has 5 rings (SSSR count). The predicted molar refractivity (Wildman–Crippen MR) is 111 cm³/mol. The highest BCUT2D eigenvalue weighted by Crippen LogP contribution is 2.20. The highest BCUT2D eigenvalue weighted by Gasteiger charge is 2.25. The molecule has 1 amide bonds. The number of benzene rings is 1. The van der Waals surface area contributed by atoms with Crippen LogP contribution in [0.15, 0.2) is 42.7 Å². The normalized spacial score (nSPS) is 17.2. The second-order valence-corrected chi connectivity index (χ2v) is 7.43. The van der Waals surface area contributed by atoms with Crippen LogP contribution >= 0.6 is 0 Å². The summed E-state index contributed by atoms with van der Waals surface area (Å²) in [5, 5.41) is 0. The number of amides is 1. The van der Waals surface area contributed by atoms with Crippen LogP contribution in [0.5, 0.6) is 0 Å². The van der Waals surface area contributed by atoms with Crippen molar-refractivity contribution in [2.24, 2.45) is 0 Å². The third-order valence-corrected chi connectivity index (χ3v) is 5.58. The smallest absolute Gasteiger partial charge is 0.274 e. The van der Waals surface area contributed by atoms with Crippen LogP contribution in [0.3, 0.4) is 0 Å². The largest absolute Gasteiger partial charge is 0.353 e. The van der Waals surface area contributed by atoms with E-state index in [-0.39, 0.29) is 5.91 Å². The lowest BCUT2D eigenvalue weighted by atomic mass is 10.2. The van der Waals surface area contributed by atoms with Gasteiger partial charge in [0.25, 0.3) is 5.91 Å². The fourth-order valence-corrected chi connectivity index (χ4v) is 3.95. The van der Waals surface area contributed by atoms with E-state index in [0.29, 0.717) is 18.8 Å². The van der Waals surface area contributed by atoms with Crippen LogP contribution in [0.25, 0.3) is 11.0 Å². The van der Waals surface area contributed by atoms with Gasteiger partial charge < -0.3 is 14.7 Å². The topological polar surface area (TPSA) is 78.4 Å². The molecule has 1 aromatic carbocycles. The van der Waals surface area contributed by atoms with E-state index in [9.17, 15) is 4.79 Å². The summed E-state index contributed by atoms with van der Waals surface area (Å²) < 4.78 is 0. The van der Waals surface area contributed by atoms with Gasteiger partial charge in [-0.25, -0.2) is 9.97 Å². The van der Waals surface area contributed by atoms with Crippen molar-refractivity contribution in [3.8, 4) is 0 Å². The van der Waals surface area contributed by atoms with Gasteiger partial charge in [0, 0.05) is 45.5 Å². The number of fused-ring (bicyclic) bond motifs is 1. The molecule has 148 valence electrons. The summed E-state index contributed by atoms with van der Waals surface area (Å²) >= 11 is 0. The van der Waals surface area contributed by atoms with Gasteiger partial charge in [-0.15, -0.1) is 0 Å². The lowest BCUT2D eigenvalue weighted by Crippen LogP contribution is -2.49. The summed E-state index contributed by atoms with van der Waals surface area (Å²) in [5.41, 5.74) is 1.94. The number of carbonyl (C=O) groups excluding carboxylic acids is 1. The maximum absolute atomic E-state index is 12.9. The Morgan fingerprint density at radius 2 is 1.55 bits per heavy atom. The lowest BCUT2D eigenvalue weighted by Gasteiger charge is -2.35. The molecule has 0 aliphatic carbocycles. The Morgan fingerprint density at radius 1 is 0.793 bits per heavy atom.